The van der Waals surface area contributed by atoms with Crippen LogP contribution in [0.25, 0.3) is 0 Å². The van der Waals surface area contributed by atoms with E-state index in [2.05, 4.69) is 44.8 Å². The molecule has 0 amide bonds. The summed E-state index contributed by atoms with van der Waals surface area (Å²) < 4.78 is 1.82. The van der Waals surface area contributed by atoms with Crippen molar-refractivity contribution in [2.45, 2.75) is 32.5 Å². The fourth-order valence-corrected chi connectivity index (χ4v) is 3.95. The standard InChI is InChI=1S/C21H29Cl2N5O.HI/c1-3-24-21(25-11-17-10-19(22)20(23)27(17)2)26-12-18(29)14-28-9-8-15-6-4-5-7-16(15)13-28;/h4-7,10,18,29H,3,8-9,11-14H2,1-2H3,(H2,24,25,26);1H. The number of nitrogens with one attached hydrogen (secondary N) is 2. The predicted octanol–water partition coefficient (Wildman–Crippen LogP) is 3.42. The minimum absolute atomic E-state index is 0. The number of hydrogen-bond acceptors (Lipinski definition) is 3. The highest BCUT2D eigenvalue weighted by Gasteiger charge is 2.18. The molecule has 9 heteroatoms. The first-order chi connectivity index (χ1) is 14.0. The van der Waals surface area contributed by atoms with E-state index in [1.54, 1.807) is 0 Å². The SMILES string of the molecule is CCNC(=NCc1cc(Cl)c(Cl)n1C)NCC(O)CN1CCc2ccccc2C1.I. The number of aliphatic hydroxyl groups excluding tert-OH is 1. The smallest absolute Gasteiger partial charge is 0.191 e. The van der Waals surface area contributed by atoms with Crippen LogP contribution < -0.4 is 10.6 Å². The molecule has 0 aliphatic carbocycles. The number of aromatic nitrogens is 1. The zero-order valence-corrected chi connectivity index (χ0v) is 21.2. The quantitative estimate of drug-likeness (QED) is 0.273. The number of nitrogens with zero attached hydrogens (tertiary/aromatic N) is 3. The van der Waals surface area contributed by atoms with Crippen LogP contribution >= 0.6 is 47.2 Å². The van der Waals surface area contributed by atoms with Gasteiger partial charge in [0, 0.05) is 45.5 Å². The third kappa shape index (κ3) is 6.75. The van der Waals surface area contributed by atoms with Gasteiger partial charge in [-0.25, -0.2) is 4.99 Å². The second-order valence-corrected chi connectivity index (χ2v) is 8.08. The molecule has 1 atom stereocenters. The molecule has 0 bridgehead atoms. The summed E-state index contributed by atoms with van der Waals surface area (Å²) in [5.41, 5.74) is 3.69. The lowest BCUT2D eigenvalue weighted by Crippen LogP contribution is -2.45. The van der Waals surface area contributed by atoms with E-state index in [0.29, 0.717) is 35.8 Å². The molecular formula is C21H30Cl2IN5O. The molecule has 3 rings (SSSR count). The summed E-state index contributed by atoms with van der Waals surface area (Å²) in [6, 6.07) is 10.3. The number of rotatable bonds is 7. The van der Waals surface area contributed by atoms with E-state index in [-0.39, 0.29) is 24.0 Å². The molecule has 0 radical (unpaired) electrons. The van der Waals surface area contributed by atoms with Crippen molar-refractivity contribution in [2.75, 3.05) is 26.2 Å². The fraction of sp³-hybridized carbons (Fsp3) is 0.476. The topological polar surface area (TPSA) is 64.8 Å². The van der Waals surface area contributed by atoms with Crippen molar-refractivity contribution in [3.8, 4) is 0 Å². The maximum absolute atomic E-state index is 10.5. The predicted molar refractivity (Wildman–Crippen MR) is 135 cm³/mol. The number of hydrogen-bond donors (Lipinski definition) is 3. The Morgan fingerprint density at radius 1 is 1.23 bits per heavy atom. The normalized spacial score (nSPS) is 15.3. The fourth-order valence-electron chi connectivity index (χ4n) is 3.53. The van der Waals surface area contributed by atoms with Crippen LogP contribution in [-0.2, 0) is 26.6 Å². The van der Waals surface area contributed by atoms with E-state index in [1.165, 1.54) is 11.1 Å². The van der Waals surface area contributed by atoms with Crippen molar-refractivity contribution >= 4 is 53.1 Å². The number of aliphatic hydroxyl groups is 1. The maximum Gasteiger partial charge on any atom is 0.191 e. The summed E-state index contributed by atoms with van der Waals surface area (Å²) in [7, 11) is 1.86. The van der Waals surface area contributed by atoms with E-state index < -0.39 is 6.10 Å². The Labute approximate surface area is 205 Å². The first-order valence-electron chi connectivity index (χ1n) is 9.97. The number of guanidine groups is 1. The minimum atomic E-state index is -0.483. The van der Waals surface area contributed by atoms with Gasteiger partial charge in [0.2, 0.25) is 0 Å². The van der Waals surface area contributed by atoms with Gasteiger partial charge in [0.05, 0.1) is 17.7 Å². The van der Waals surface area contributed by atoms with Crippen LogP contribution in [0.3, 0.4) is 0 Å². The van der Waals surface area contributed by atoms with Gasteiger partial charge in [0.15, 0.2) is 5.96 Å². The van der Waals surface area contributed by atoms with Crippen molar-refractivity contribution in [1.82, 2.24) is 20.1 Å². The molecule has 0 saturated heterocycles. The van der Waals surface area contributed by atoms with Crippen LogP contribution in [0, 0.1) is 0 Å². The highest BCUT2D eigenvalue weighted by atomic mass is 127. The van der Waals surface area contributed by atoms with Crippen molar-refractivity contribution in [2.24, 2.45) is 12.0 Å². The number of benzene rings is 1. The van der Waals surface area contributed by atoms with Gasteiger partial charge in [-0.05, 0) is 30.5 Å². The first-order valence-corrected chi connectivity index (χ1v) is 10.7. The Bertz CT molecular complexity index is 858. The molecule has 1 unspecified atom stereocenters. The second-order valence-electron chi connectivity index (χ2n) is 7.32. The van der Waals surface area contributed by atoms with Gasteiger partial charge in [-0.2, -0.15) is 0 Å². The highest BCUT2D eigenvalue weighted by Crippen LogP contribution is 2.25. The summed E-state index contributed by atoms with van der Waals surface area (Å²) in [6.07, 6.45) is 0.547. The molecule has 30 heavy (non-hydrogen) atoms. The largest absolute Gasteiger partial charge is 0.390 e. The Kier molecular flexibility index (Phi) is 10.2. The van der Waals surface area contributed by atoms with Crippen LogP contribution in [0.1, 0.15) is 23.7 Å². The second kappa shape index (κ2) is 12.1. The summed E-state index contributed by atoms with van der Waals surface area (Å²) in [4.78, 5) is 6.88. The Balaban J connectivity index is 0.00000320. The van der Waals surface area contributed by atoms with Gasteiger partial charge in [0.1, 0.15) is 5.15 Å². The Hall–Kier alpha value is -1.000. The number of fused-ring (bicyclic) bond motifs is 1. The molecule has 2 aromatic rings. The summed E-state index contributed by atoms with van der Waals surface area (Å²) >= 11 is 12.2. The molecule has 1 aliphatic heterocycles. The van der Waals surface area contributed by atoms with Crippen molar-refractivity contribution < 1.29 is 5.11 Å². The zero-order valence-electron chi connectivity index (χ0n) is 17.4. The molecule has 166 valence electrons. The van der Waals surface area contributed by atoms with E-state index >= 15 is 0 Å². The number of aliphatic imine (C=N–C) groups is 1. The van der Waals surface area contributed by atoms with Crippen LogP contribution in [0.15, 0.2) is 35.3 Å². The van der Waals surface area contributed by atoms with E-state index in [9.17, 15) is 5.11 Å². The average Bonchev–Trinajstić information content (AvgIpc) is 2.96. The summed E-state index contributed by atoms with van der Waals surface area (Å²) in [5, 5.41) is 18.0. The summed E-state index contributed by atoms with van der Waals surface area (Å²) in [6.45, 7) is 6.10. The molecule has 1 aromatic heterocycles. The maximum atomic E-state index is 10.5. The summed E-state index contributed by atoms with van der Waals surface area (Å²) in [5.74, 6) is 0.656. The van der Waals surface area contributed by atoms with Crippen LogP contribution in [0.5, 0.6) is 0 Å². The monoisotopic (exact) mass is 565 g/mol. The number of halogens is 3. The lowest BCUT2D eigenvalue weighted by Gasteiger charge is -2.30. The first kappa shape index (κ1) is 25.3. The van der Waals surface area contributed by atoms with Gasteiger partial charge in [-0.15, -0.1) is 24.0 Å². The molecular weight excluding hydrogens is 536 g/mol. The van der Waals surface area contributed by atoms with Gasteiger partial charge in [-0.1, -0.05) is 47.5 Å². The van der Waals surface area contributed by atoms with E-state index in [4.69, 9.17) is 23.2 Å². The lowest BCUT2D eigenvalue weighted by molar-refractivity contribution is 0.108. The van der Waals surface area contributed by atoms with E-state index in [1.807, 2.05) is 24.6 Å². The number of β-amino-alcohol motifs (C(OH)–C–C–N with tert-alkyl or cyclic N) is 1. The lowest BCUT2D eigenvalue weighted by atomic mass is 10.00. The molecule has 1 aliphatic rings. The van der Waals surface area contributed by atoms with Gasteiger partial charge in [0.25, 0.3) is 0 Å². The molecule has 0 fully saturated rings. The van der Waals surface area contributed by atoms with Crippen LogP contribution in [0.2, 0.25) is 10.2 Å². The average molecular weight is 566 g/mol. The minimum Gasteiger partial charge on any atom is -0.390 e. The highest BCUT2D eigenvalue weighted by molar-refractivity contribution is 14.0. The zero-order chi connectivity index (χ0) is 20.8. The van der Waals surface area contributed by atoms with Gasteiger partial charge >= 0.3 is 0 Å². The molecule has 3 N–H and O–H groups in total. The third-order valence-electron chi connectivity index (χ3n) is 5.14. The van der Waals surface area contributed by atoms with Crippen molar-refractivity contribution in [3.05, 3.63) is 57.3 Å². The van der Waals surface area contributed by atoms with Crippen molar-refractivity contribution in [3.63, 3.8) is 0 Å². The van der Waals surface area contributed by atoms with Crippen LogP contribution in [0.4, 0.5) is 0 Å². The van der Waals surface area contributed by atoms with Gasteiger partial charge in [-0.3, -0.25) is 4.90 Å². The van der Waals surface area contributed by atoms with Gasteiger partial charge < -0.3 is 20.3 Å². The third-order valence-corrected chi connectivity index (χ3v) is 5.98. The van der Waals surface area contributed by atoms with Crippen molar-refractivity contribution in [1.29, 1.82) is 0 Å². The molecule has 0 spiro atoms. The van der Waals surface area contributed by atoms with E-state index in [0.717, 1.165) is 31.7 Å². The molecule has 2 heterocycles. The molecule has 0 saturated carbocycles. The van der Waals surface area contributed by atoms with Crippen LogP contribution in [-0.4, -0.2) is 52.8 Å². The Morgan fingerprint density at radius 3 is 2.63 bits per heavy atom. The molecule has 1 aromatic carbocycles. The Morgan fingerprint density at radius 2 is 1.97 bits per heavy atom. The molecule has 6 nitrogen and oxygen atoms in total.